The Balaban J connectivity index is 1.26. The summed E-state index contributed by atoms with van der Waals surface area (Å²) in [7, 11) is 0. The molecule has 0 fully saturated rings. The lowest BCUT2D eigenvalue weighted by Crippen LogP contribution is -2.25. The van der Waals surface area contributed by atoms with Crippen LogP contribution in [0, 0.1) is 11.3 Å². The molecule has 0 saturated heterocycles. The summed E-state index contributed by atoms with van der Waals surface area (Å²) < 4.78 is 0. The van der Waals surface area contributed by atoms with Crippen LogP contribution in [0.2, 0.25) is 0 Å². The van der Waals surface area contributed by atoms with Gasteiger partial charge in [-0.3, -0.25) is 0 Å². The van der Waals surface area contributed by atoms with Crippen LogP contribution in [-0.4, -0.2) is 4.98 Å². The second-order valence-electron chi connectivity index (χ2n) is 11.8. The maximum atomic E-state index is 9.30. The zero-order chi connectivity index (χ0) is 30.0. The van der Waals surface area contributed by atoms with Gasteiger partial charge in [-0.2, -0.15) is 5.26 Å². The second kappa shape index (κ2) is 9.74. The van der Waals surface area contributed by atoms with Gasteiger partial charge in [-0.1, -0.05) is 127 Å². The van der Waals surface area contributed by atoms with Crippen LogP contribution >= 0.6 is 0 Å². The molecule has 0 bridgehead atoms. The van der Waals surface area contributed by atoms with E-state index in [0.29, 0.717) is 5.69 Å². The monoisotopic (exact) mass is 570 g/mol. The molecule has 0 radical (unpaired) electrons. The van der Waals surface area contributed by atoms with E-state index in [2.05, 4.69) is 151 Å². The molecular formula is C43H26N2. The van der Waals surface area contributed by atoms with Crippen LogP contribution in [-0.2, 0) is 5.41 Å². The molecule has 9 rings (SSSR count). The molecule has 7 aromatic rings. The van der Waals surface area contributed by atoms with Crippen molar-refractivity contribution < 1.29 is 0 Å². The lowest BCUT2D eigenvalue weighted by atomic mass is 9.70. The minimum Gasteiger partial charge on any atom is -0.246 e. The van der Waals surface area contributed by atoms with Gasteiger partial charge in [0, 0.05) is 6.20 Å². The van der Waals surface area contributed by atoms with Crippen molar-refractivity contribution in [3.63, 3.8) is 0 Å². The molecule has 0 N–H and O–H groups in total. The maximum absolute atomic E-state index is 9.30. The fourth-order valence-electron chi connectivity index (χ4n) is 7.66. The van der Waals surface area contributed by atoms with Crippen LogP contribution in [0.1, 0.15) is 27.9 Å². The van der Waals surface area contributed by atoms with E-state index in [1.807, 2.05) is 12.1 Å². The number of hydrogen-bond acceptors (Lipinski definition) is 2. The van der Waals surface area contributed by atoms with Crippen LogP contribution in [0.15, 0.2) is 158 Å². The standard InChI is InChI=1S/C43H26N2/c44-27-34-24-33(22-23-45-34)30-16-14-29(15-17-30)32-19-21-42-38(26-32)37-25-31(28-8-2-1-3-9-28)18-20-41(37)43(42)39-12-6-4-10-35(39)36-11-5-7-13-40(36)43/h1-26H. The van der Waals surface area contributed by atoms with E-state index in [9.17, 15) is 5.26 Å². The van der Waals surface area contributed by atoms with Gasteiger partial charge in [0.2, 0.25) is 0 Å². The molecular weight excluding hydrogens is 544 g/mol. The lowest BCUT2D eigenvalue weighted by molar-refractivity contribution is 0.794. The Bertz CT molecular complexity index is 2280. The van der Waals surface area contributed by atoms with Crippen LogP contribution in [0.4, 0.5) is 0 Å². The molecule has 208 valence electrons. The highest BCUT2D eigenvalue weighted by molar-refractivity contribution is 5.97. The molecule has 2 nitrogen and oxygen atoms in total. The van der Waals surface area contributed by atoms with Crippen LogP contribution in [0.5, 0.6) is 0 Å². The zero-order valence-electron chi connectivity index (χ0n) is 24.4. The molecule has 1 aromatic heterocycles. The Labute approximate surface area is 262 Å². The first kappa shape index (κ1) is 25.5. The summed E-state index contributed by atoms with van der Waals surface area (Å²) in [6.45, 7) is 0. The molecule has 45 heavy (non-hydrogen) atoms. The third-order valence-corrected chi connectivity index (χ3v) is 9.62. The Kier molecular flexibility index (Phi) is 5.51. The molecule has 0 unspecified atom stereocenters. The Morgan fingerprint density at radius 3 is 1.40 bits per heavy atom. The largest absolute Gasteiger partial charge is 0.246 e. The van der Waals surface area contributed by atoms with Crippen molar-refractivity contribution in [3.8, 4) is 61.7 Å². The highest BCUT2D eigenvalue weighted by atomic mass is 14.7. The van der Waals surface area contributed by atoms with Crippen LogP contribution in [0.25, 0.3) is 55.6 Å². The van der Waals surface area contributed by atoms with E-state index in [1.54, 1.807) is 6.20 Å². The summed E-state index contributed by atoms with van der Waals surface area (Å²) in [5, 5.41) is 9.30. The molecule has 1 spiro atoms. The van der Waals surface area contributed by atoms with Crippen molar-refractivity contribution in [1.29, 1.82) is 5.26 Å². The first-order valence-corrected chi connectivity index (χ1v) is 15.3. The highest BCUT2D eigenvalue weighted by Gasteiger charge is 2.51. The molecule has 2 aliphatic rings. The van der Waals surface area contributed by atoms with Gasteiger partial charge in [0.05, 0.1) is 5.41 Å². The van der Waals surface area contributed by atoms with E-state index in [0.717, 1.165) is 16.7 Å². The third-order valence-electron chi connectivity index (χ3n) is 9.62. The van der Waals surface area contributed by atoms with Gasteiger partial charge in [0.25, 0.3) is 0 Å². The number of aromatic nitrogens is 1. The minimum absolute atomic E-state index is 0.366. The highest BCUT2D eigenvalue weighted by Crippen LogP contribution is 2.63. The number of nitriles is 1. The van der Waals surface area contributed by atoms with E-state index < -0.39 is 0 Å². The smallest absolute Gasteiger partial charge is 0.141 e. The van der Waals surface area contributed by atoms with Crippen molar-refractivity contribution in [1.82, 2.24) is 4.98 Å². The van der Waals surface area contributed by atoms with Crippen molar-refractivity contribution in [2.75, 3.05) is 0 Å². The van der Waals surface area contributed by atoms with Gasteiger partial charge in [-0.25, -0.2) is 4.98 Å². The van der Waals surface area contributed by atoms with E-state index >= 15 is 0 Å². The summed E-state index contributed by atoms with van der Waals surface area (Å²) in [4.78, 5) is 4.12. The summed E-state index contributed by atoms with van der Waals surface area (Å²) in [5.41, 5.74) is 17.5. The van der Waals surface area contributed by atoms with Gasteiger partial charge < -0.3 is 0 Å². The first-order valence-electron chi connectivity index (χ1n) is 15.3. The summed E-state index contributed by atoms with van der Waals surface area (Å²) in [5.74, 6) is 0. The average Bonchev–Trinajstić information content (AvgIpc) is 3.58. The lowest BCUT2D eigenvalue weighted by Gasteiger charge is -2.30. The normalized spacial score (nSPS) is 13.0. The van der Waals surface area contributed by atoms with E-state index in [1.165, 1.54) is 61.2 Å². The number of nitrogens with zero attached hydrogens (tertiary/aromatic N) is 2. The van der Waals surface area contributed by atoms with Crippen molar-refractivity contribution in [2.45, 2.75) is 5.41 Å². The van der Waals surface area contributed by atoms with Crippen molar-refractivity contribution in [2.24, 2.45) is 0 Å². The Morgan fingerprint density at radius 1 is 0.400 bits per heavy atom. The molecule has 2 heteroatoms. The van der Waals surface area contributed by atoms with Gasteiger partial charge in [-0.15, -0.1) is 0 Å². The van der Waals surface area contributed by atoms with Crippen molar-refractivity contribution in [3.05, 3.63) is 186 Å². The summed E-state index contributed by atoms with van der Waals surface area (Å²) in [6.07, 6.45) is 1.69. The van der Waals surface area contributed by atoms with Crippen LogP contribution in [0.3, 0.4) is 0 Å². The second-order valence-corrected chi connectivity index (χ2v) is 11.8. The van der Waals surface area contributed by atoms with E-state index in [-0.39, 0.29) is 5.41 Å². The Morgan fingerprint density at radius 2 is 0.844 bits per heavy atom. The Hall–Kier alpha value is -6.04. The molecule has 1 heterocycles. The number of pyridine rings is 1. The zero-order valence-corrected chi connectivity index (χ0v) is 24.4. The van der Waals surface area contributed by atoms with Gasteiger partial charge >= 0.3 is 0 Å². The van der Waals surface area contributed by atoms with Gasteiger partial charge in [-0.05, 0) is 102 Å². The van der Waals surface area contributed by atoms with Crippen molar-refractivity contribution >= 4 is 0 Å². The summed E-state index contributed by atoms with van der Waals surface area (Å²) >= 11 is 0. The molecule has 6 aromatic carbocycles. The third kappa shape index (κ3) is 3.65. The topological polar surface area (TPSA) is 36.7 Å². The molecule has 0 aliphatic heterocycles. The predicted molar refractivity (Wildman–Crippen MR) is 182 cm³/mol. The van der Waals surface area contributed by atoms with Gasteiger partial charge in [0.15, 0.2) is 0 Å². The first-order chi connectivity index (χ1) is 22.3. The maximum Gasteiger partial charge on any atom is 0.141 e. The van der Waals surface area contributed by atoms with Crippen LogP contribution < -0.4 is 0 Å². The fraction of sp³-hybridized carbons (Fsp3) is 0.0233. The number of hydrogen-bond donors (Lipinski definition) is 0. The molecule has 0 amide bonds. The molecule has 2 aliphatic carbocycles. The number of benzene rings is 6. The summed E-state index contributed by atoms with van der Waals surface area (Å²) in [6, 6.07) is 57.2. The number of fused-ring (bicyclic) bond motifs is 10. The molecule has 0 saturated carbocycles. The van der Waals surface area contributed by atoms with E-state index in [4.69, 9.17) is 0 Å². The van der Waals surface area contributed by atoms with Gasteiger partial charge in [0.1, 0.15) is 11.8 Å². The number of rotatable bonds is 3. The SMILES string of the molecule is N#Cc1cc(-c2ccc(-c3ccc4c(c3)-c3cc(-c5ccccc5)ccc3C43c4ccccc4-c4ccccc43)cc2)ccn1. The molecule has 0 atom stereocenters. The predicted octanol–water partition coefficient (Wildman–Crippen LogP) is 10.3. The fourth-order valence-corrected chi connectivity index (χ4v) is 7.66. The quantitative estimate of drug-likeness (QED) is 0.212. The minimum atomic E-state index is -0.366. The average molecular weight is 571 g/mol.